The van der Waals surface area contributed by atoms with Crippen LogP contribution in [0.3, 0.4) is 0 Å². The predicted octanol–water partition coefficient (Wildman–Crippen LogP) is 3.57. The van der Waals surface area contributed by atoms with Gasteiger partial charge in [-0.15, -0.1) is 0 Å². The number of carboxylic acid groups (broad SMARTS) is 1. The quantitative estimate of drug-likeness (QED) is 0.524. The molecule has 0 aromatic rings. The number of nitrogens with one attached hydrogen (secondary N) is 1. The standard InChI is InChI=1S/C19H33NO6/c1-12(2)16(25-17(23)19(3,4)5)26-18(24)20-11-10-13-6-8-14(9-7-13)15(21)22/h12-14,16H,6-11H2,1-5H3,(H,20,24)(H,21,22). The number of carboxylic acids is 1. The van der Waals surface area contributed by atoms with E-state index in [1.54, 1.807) is 20.8 Å². The first kappa shape index (κ1) is 22.3. The molecule has 1 atom stereocenters. The molecule has 1 unspecified atom stereocenters. The van der Waals surface area contributed by atoms with E-state index in [1.807, 2.05) is 13.8 Å². The van der Waals surface area contributed by atoms with Crippen molar-refractivity contribution in [1.29, 1.82) is 0 Å². The van der Waals surface area contributed by atoms with Crippen molar-refractivity contribution >= 4 is 18.0 Å². The summed E-state index contributed by atoms with van der Waals surface area (Å²) >= 11 is 0. The highest BCUT2D eigenvalue weighted by Crippen LogP contribution is 2.30. The van der Waals surface area contributed by atoms with Gasteiger partial charge in [-0.2, -0.15) is 0 Å². The van der Waals surface area contributed by atoms with Gasteiger partial charge in [-0.05, 0) is 58.8 Å². The molecule has 0 aromatic carbocycles. The van der Waals surface area contributed by atoms with Gasteiger partial charge in [0.1, 0.15) is 0 Å². The van der Waals surface area contributed by atoms with E-state index < -0.39 is 29.7 Å². The molecule has 1 amide bonds. The zero-order valence-corrected chi connectivity index (χ0v) is 16.5. The molecule has 1 rings (SSSR count). The van der Waals surface area contributed by atoms with E-state index in [0.717, 1.165) is 19.3 Å². The fraction of sp³-hybridized carbons (Fsp3) is 0.842. The summed E-state index contributed by atoms with van der Waals surface area (Å²) in [4.78, 5) is 34.9. The Bertz CT molecular complexity index is 489. The Morgan fingerprint density at radius 3 is 2.12 bits per heavy atom. The van der Waals surface area contributed by atoms with E-state index in [-0.39, 0.29) is 11.8 Å². The molecule has 0 spiro atoms. The molecule has 1 saturated carbocycles. The van der Waals surface area contributed by atoms with Crippen molar-refractivity contribution in [3.05, 3.63) is 0 Å². The molecule has 26 heavy (non-hydrogen) atoms. The number of aliphatic carboxylic acids is 1. The Balaban J connectivity index is 2.33. The summed E-state index contributed by atoms with van der Waals surface area (Å²) in [5.74, 6) is -1.09. The summed E-state index contributed by atoms with van der Waals surface area (Å²) in [7, 11) is 0. The van der Waals surface area contributed by atoms with E-state index >= 15 is 0 Å². The van der Waals surface area contributed by atoms with Gasteiger partial charge in [0.05, 0.1) is 11.3 Å². The number of ether oxygens (including phenoxy) is 2. The number of rotatable bonds is 7. The fourth-order valence-corrected chi connectivity index (χ4v) is 2.80. The van der Waals surface area contributed by atoms with Crippen LogP contribution in [0.1, 0.15) is 66.7 Å². The molecule has 0 radical (unpaired) electrons. The van der Waals surface area contributed by atoms with Crippen LogP contribution < -0.4 is 5.32 Å². The van der Waals surface area contributed by atoms with Gasteiger partial charge in [-0.3, -0.25) is 9.59 Å². The van der Waals surface area contributed by atoms with Crippen LogP contribution in [-0.4, -0.2) is 36.0 Å². The van der Waals surface area contributed by atoms with Crippen LogP contribution in [0.4, 0.5) is 4.79 Å². The van der Waals surface area contributed by atoms with Gasteiger partial charge in [-0.25, -0.2) is 4.79 Å². The maximum absolute atomic E-state index is 12.0. The lowest BCUT2D eigenvalue weighted by Crippen LogP contribution is -2.37. The molecule has 0 bridgehead atoms. The lowest BCUT2D eigenvalue weighted by molar-refractivity contribution is -0.184. The van der Waals surface area contributed by atoms with E-state index in [4.69, 9.17) is 14.6 Å². The second kappa shape index (κ2) is 9.78. The molecule has 0 aliphatic heterocycles. The van der Waals surface area contributed by atoms with Crippen molar-refractivity contribution in [3.63, 3.8) is 0 Å². The first-order chi connectivity index (χ1) is 12.0. The second-order valence-electron chi connectivity index (χ2n) is 8.44. The zero-order chi connectivity index (χ0) is 19.9. The van der Waals surface area contributed by atoms with Crippen molar-refractivity contribution in [2.24, 2.45) is 23.2 Å². The highest BCUT2D eigenvalue weighted by molar-refractivity contribution is 5.75. The summed E-state index contributed by atoms with van der Waals surface area (Å²) in [5, 5.41) is 11.7. The maximum Gasteiger partial charge on any atom is 0.410 e. The minimum absolute atomic E-state index is 0.154. The normalized spacial score (nSPS) is 21.8. The van der Waals surface area contributed by atoms with Crippen molar-refractivity contribution in [2.45, 2.75) is 73.0 Å². The van der Waals surface area contributed by atoms with Crippen LogP contribution in [0.5, 0.6) is 0 Å². The van der Waals surface area contributed by atoms with E-state index in [2.05, 4.69) is 5.32 Å². The van der Waals surface area contributed by atoms with Crippen molar-refractivity contribution < 1.29 is 29.0 Å². The first-order valence-electron chi connectivity index (χ1n) is 9.39. The SMILES string of the molecule is CC(C)C(OC(=O)NCCC1CCC(C(=O)O)CC1)OC(=O)C(C)(C)C. The van der Waals surface area contributed by atoms with Crippen LogP contribution in [0.25, 0.3) is 0 Å². The first-order valence-corrected chi connectivity index (χ1v) is 9.39. The van der Waals surface area contributed by atoms with Crippen LogP contribution in [0, 0.1) is 23.2 Å². The number of hydrogen-bond acceptors (Lipinski definition) is 5. The Kier molecular flexibility index (Phi) is 8.37. The smallest absolute Gasteiger partial charge is 0.410 e. The molecule has 1 aliphatic carbocycles. The number of esters is 1. The zero-order valence-electron chi connectivity index (χ0n) is 16.5. The Morgan fingerprint density at radius 1 is 1.08 bits per heavy atom. The van der Waals surface area contributed by atoms with Crippen LogP contribution in [0.15, 0.2) is 0 Å². The van der Waals surface area contributed by atoms with Crippen molar-refractivity contribution in [1.82, 2.24) is 5.32 Å². The van der Waals surface area contributed by atoms with Gasteiger partial charge in [0.15, 0.2) is 0 Å². The highest BCUT2D eigenvalue weighted by Gasteiger charge is 2.30. The Morgan fingerprint density at radius 2 is 1.65 bits per heavy atom. The summed E-state index contributed by atoms with van der Waals surface area (Å²) in [6.45, 7) is 9.31. The van der Waals surface area contributed by atoms with Crippen LogP contribution >= 0.6 is 0 Å². The average molecular weight is 371 g/mol. The number of alkyl carbamates (subject to hydrolysis) is 1. The van der Waals surface area contributed by atoms with Crippen LogP contribution in [0.2, 0.25) is 0 Å². The molecule has 150 valence electrons. The van der Waals surface area contributed by atoms with Gasteiger partial charge in [0, 0.05) is 12.5 Å². The summed E-state index contributed by atoms with van der Waals surface area (Å²) in [5.41, 5.74) is -0.665. The molecule has 7 heteroatoms. The largest absolute Gasteiger partial charge is 0.481 e. The number of hydrogen-bond donors (Lipinski definition) is 2. The molecule has 1 aliphatic rings. The summed E-state index contributed by atoms with van der Waals surface area (Å²) in [6.07, 6.45) is 2.38. The second-order valence-corrected chi connectivity index (χ2v) is 8.44. The third-order valence-corrected chi connectivity index (χ3v) is 4.62. The molecule has 7 nitrogen and oxygen atoms in total. The average Bonchev–Trinajstić information content (AvgIpc) is 2.53. The third-order valence-electron chi connectivity index (χ3n) is 4.62. The van der Waals surface area contributed by atoms with Gasteiger partial charge >= 0.3 is 18.0 Å². The van der Waals surface area contributed by atoms with Gasteiger partial charge in [0.25, 0.3) is 6.29 Å². The minimum atomic E-state index is -0.923. The number of carbonyl (C=O) groups is 3. The molecule has 2 N–H and O–H groups in total. The van der Waals surface area contributed by atoms with Crippen molar-refractivity contribution in [3.8, 4) is 0 Å². The van der Waals surface area contributed by atoms with E-state index in [9.17, 15) is 14.4 Å². The van der Waals surface area contributed by atoms with E-state index in [0.29, 0.717) is 25.3 Å². The van der Waals surface area contributed by atoms with E-state index in [1.165, 1.54) is 0 Å². The van der Waals surface area contributed by atoms with Crippen molar-refractivity contribution in [2.75, 3.05) is 6.54 Å². The maximum atomic E-state index is 12.0. The van der Waals surface area contributed by atoms with Gasteiger partial charge < -0.3 is 19.9 Å². The molecule has 1 fully saturated rings. The predicted molar refractivity (Wildman–Crippen MR) is 96.4 cm³/mol. The lowest BCUT2D eigenvalue weighted by Gasteiger charge is -2.27. The topological polar surface area (TPSA) is 102 Å². The van der Waals surface area contributed by atoms with Gasteiger partial charge in [0.2, 0.25) is 0 Å². The lowest BCUT2D eigenvalue weighted by atomic mass is 9.80. The number of carbonyl (C=O) groups excluding carboxylic acids is 2. The molecule has 0 aromatic heterocycles. The molecular formula is C19H33NO6. The minimum Gasteiger partial charge on any atom is -0.481 e. The highest BCUT2D eigenvalue weighted by atomic mass is 16.7. The van der Waals surface area contributed by atoms with Crippen LogP contribution in [-0.2, 0) is 19.1 Å². The summed E-state index contributed by atoms with van der Waals surface area (Å²) in [6, 6.07) is 0. The molecular weight excluding hydrogens is 338 g/mol. The molecule has 0 heterocycles. The van der Waals surface area contributed by atoms with Gasteiger partial charge in [-0.1, -0.05) is 13.8 Å². The molecule has 0 saturated heterocycles. The fourth-order valence-electron chi connectivity index (χ4n) is 2.80. The summed E-state index contributed by atoms with van der Waals surface area (Å²) < 4.78 is 10.5. The Labute approximate surface area is 155 Å². The monoisotopic (exact) mass is 371 g/mol. The Hall–Kier alpha value is -1.79. The number of amides is 1. The third kappa shape index (κ3) is 7.62.